The summed E-state index contributed by atoms with van der Waals surface area (Å²) in [6.45, 7) is 7.40. The number of nitrogens with one attached hydrogen (secondary N) is 1. The van der Waals surface area contributed by atoms with E-state index < -0.39 is 11.4 Å². The van der Waals surface area contributed by atoms with Crippen LogP contribution in [0.2, 0.25) is 0 Å². The number of rotatable bonds is 4. The molecule has 1 aromatic heterocycles. The Morgan fingerprint density at radius 2 is 2.06 bits per heavy atom. The zero-order chi connectivity index (χ0) is 12.3. The summed E-state index contributed by atoms with van der Waals surface area (Å²) in [6.07, 6.45) is 1.61. The molecular formula is C11H17N3O2. The molecule has 0 amide bonds. The first-order valence-electron chi connectivity index (χ1n) is 5.10. The van der Waals surface area contributed by atoms with E-state index in [0.29, 0.717) is 12.4 Å². The second kappa shape index (κ2) is 4.47. The van der Waals surface area contributed by atoms with Gasteiger partial charge < -0.3 is 10.4 Å². The number of carbonyl (C=O) groups is 1. The van der Waals surface area contributed by atoms with Gasteiger partial charge in [0.1, 0.15) is 5.82 Å². The molecule has 0 bridgehead atoms. The Labute approximate surface area is 94.9 Å². The number of aryl methyl sites for hydroxylation is 2. The number of nitrogens with zero attached hydrogens (tertiary/aromatic N) is 2. The lowest BCUT2D eigenvalue weighted by atomic mass is 9.94. The Morgan fingerprint density at radius 1 is 1.44 bits per heavy atom. The molecular weight excluding hydrogens is 206 g/mol. The second-order valence-corrected chi connectivity index (χ2v) is 4.47. The molecule has 1 rings (SSSR count). The van der Waals surface area contributed by atoms with Gasteiger partial charge in [0.05, 0.1) is 23.0 Å². The molecule has 16 heavy (non-hydrogen) atoms. The van der Waals surface area contributed by atoms with Crippen molar-refractivity contribution in [2.45, 2.75) is 27.7 Å². The summed E-state index contributed by atoms with van der Waals surface area (Å²) in [6, 6.07) is 0. The molecule has 0 aliphatic carbocycles. The van der Waals surface area contributed by atoms with Crippen molar-refractivity contribution in [2.75, 3.05) is 11.9 Å². The zero-order valence-corrected chi connectivity index (χ0v) is 10.0. The van der Waals surface area contributed by atoms with Crippen LogP contribution in [0.1, 0.15) is 25.2 Å². The summed E-state index contributed by atoms with van der Waals surface area (Å²) in [7, 11) is 0. The van der Waals surface area contributed by atoms with E-state index in [0.717, 1.165) is 11.4 Å². The Morgan fingerprint density at radius 3 is 2.56 bits per heavy atom. The van der Waals surface area contributed by atoms with Crippen LogP contribution < -0.4 is 5.32 Å². The highest BCUT2D eigenvalue weighted by Gasteiger charge is 2.26. The molecule has 5 heteroatoms. The maximum Gasteiger partial charge on any atom is 0.310 e. The topological polar surface area (TPSA) is 75.1 Å². The molecule has 0 aromatic carbocycles. The van der Waals surface area contributed by atoms with Gasteiger partial charge in [0.2, 0.25) is 0 Å². The SMILES string of the molecule is Cc1ncc(NCC(C)(C)C(=O)O)nc1C. The third kappa shape index (κ3) is 2.92. The minimum atomic E-state index is -0.836. The minimum Gasteiger partial charge on any atom is -0.481 e. The number of carboxylic acids is 1. The highest BCUT2D eigenvalue weighted by Crippen LogP contribution is 2.16. The average Bonchev–Trinajstić information content (AvgIpc) is 2.20. The molecule has 5 nitrogen and oxygen atoms in total. The molecule has 0 fully saturated rings. The standard InChI is InChI=1S/C11H17N3O2/c1-7-8(2)14-9(5-12-7)13-6-11(3,4)10(15)16/h5H,6H2,1-4H3,(H,13,14)(H,15,16). The van der Waals surface area contributed by atoms with Crippen LogP contribution in [0.4, 0.5) is 5.82 Å². The van der Waals surface area contributed by atoms with Gasteiger partial charge in [-0.3, -0.25) is 9.78 Å². The molecule has 0 spiro atoms. The van der Waals surface area contributed by atoms with Crippen molar-refractivity contribution in [3.8, 4) is 0 Å². The first-order chi connectivity index (χ1) is 7.33. The van der Waals surface area contributed by atoms with E-state index in [1.165, 1.54) is 0 Å². The number of anilines is 1. The van der Waals surface area contributed by atoms with Gasteiger partial charge in [-0.05, 0) is 27.7 Å². The van der Waals surface area contributed by atoms with Crippen molar-refractivity contribution in [1.82, 2.24) is 9.97 Å². The first kappa shape index (κ1) is 12.4. The molecule has 0 atom stereocenters. The van der Waals surface area contributed by atoms with Crippen LogP contribution in [-0.2, 0) is 4.79 Å². The summed E-state index contributed by atoms with van der Waals surface area (Å²) in [4.78, 5) is 19.3. The predicted octanol–water partition coefficient (Wildman–Crippen LogP) is 1.62. The van der Waals surface area contributed by atoms with E-state index in [1.807, 2.05) is 13.8 Å². The lowest BCUT2D eigenvalue weighted by Crippen LogP contribution is -2.32. The van der Waals surface area contributed by atoms with Crippen LogP contribution in [0.15, 0.2) is 6.20 Å². The van der Waals surface area contributed by atoms with Gasteiger partial charge >= 0.3 is 5.97 Å². The second-order valence-electron chi connectivity index (χ2n) is 4.47. The molecule has 0 radical (unpaired) electrons. The highest BCUT2D eigenvalue weighted by molar-refractivity contribution is 5.74. The summed E-state index contributed by atoms with van der Waals surface area (Å²) in [5.74, 6) is -0.228. The van der Waals surface area contributed by atoms with Gasteiger partial charge in [-0.15, -0.1) is 0 Å². The van der Waals surface area contributed by atoms with Gasteiger partial charge in [-0.1, -0.05) is 0 Å². The number of hydrogen-bond donors (Lipinski definition) is 2. The molecule has 0 unspecified atom stereocenters. The monoisotopic (exact) mass is 223 g/mol. The van der Waals surface area contributed by atoms with Gasteiger partial charge in [0.25, 0.3) is 0 Å². The fourth-order valence-electron chi connectivity index (χ4n) is 1.01. The van der Waals surface area contributed by atoms with Gasteiger partial charge in [0.15, 0.2) is 0 Å². The molecule has 1 heterocycles. The largest absolute Gasteiger partial charge is 0.481 e. The zero-order valence-electron chi connectivity index (χ0n) is 10.0. The Bertz CT molecular complexity index is 402. The van der Waals surface area contributed by atoms with E-state index in [-0.39, 0.29) is 0 Å². The van der Waals surface area contributed by atoms with Crippen molar-refractivity contribution < 1.29 is 9.90 Å². The average molecular weight is 223 g/mol. The fraction of sp³-hybridized carbons (Fsp3) is 0.545. The molecule has 0 saturated heterocycles. The van der Waals surface area contributed by atoms with Crippen molar-refractivity contribution in [2.24, 2.45) is 5.41 Å². The van der Waals surface area contributed by atoms with Crippen LogP contribution in [0.25, 0.3) is 0 Å². The van der Waals surface area contributed by atoms with E-state index in [4.69, 9.17) is 5.11 Å². The summed E-state index contributed by atoms with van der Waals surface area (Å²) >= 11 is 0. The quantitative estimate of drug-likeness (QED) is 0.811. The van der Waals surface area contributed by atoms with E-state index in [2.05, 4.69) is 15.3 Å². The van der Waals surface area contributed by atoms with Crippen LogP contribution in [0.5, 0.6) is 0 Å². The Kier molecular flexibility index (Phi) is 3.47. The summed E-state index contributed by atoms with van der Waals surface area (Å²) in [5, 5.41) is 11.9. The molecule has 0 aliphatic heterocycles. The lowest BCUT2D eigenvalue weighted by molar-refractivity contribution is -0.146. The number of carboxylic acid groups (broad SMARTS) is 1. The van der Waals surface area contributed by atoms with Gasteiger partial charge in [-0.25, -0.2) is 4.98 Å². The molecule has 1 aromatic rings. The third-order valence-electron chi connectivity index (χ3n) is 2.48. The molecule has 0 saturated carbocycles. The minimum absolute atomic E-state index is 0.319. The van der Waals surface area contributed by atoms with Crippen LogP contribution in [0, 0.1) is 19.3 Å². The summed E-state index contributed by atoms with van der Waals surface area (Å²) < 4.78 is 0. The molecule has 0 aliphatic rings. The van der Waals surface area contributed by atoms with E-state index in [9.17, 15) is 4.79 Å². The number of aliphatic carboxylic acids is 1. The molecule has 2 N–H and O–H groups in total. The Hall–Kier alpha value is -1.65. The van der Waals surface area contributed by atoms with Crippen molar-refractivity contribution in [3.05, 3.63) is 17.6 Å². The van der Waals surface area contributed by atoms with Crippen molar-refractivity contribution in [3.63, 3.8) is 0 Å². The van der Waals surface area contributed by atoms with E-state index >= 15 is 0 Å². The highest BCUT2D eigenvalue weighted by atomic mass is 16.4. The fourth-order valence-corrected chi connectivity index (χ4v) is 1.01. The van der Waals surface area contributed by atoms with Crippen molar-refractivity contribution >= 4 is 11.8 Å². The summed E-state index contributed by atoms with van der Waals surface area (Å²) in [5.41, 5.74) is 0.904. The lowest BCUT2D eigenvalue weighted by Gasteiger charge is -2.19. The first-order valence-corrected chi connectivity index (χ1v) is 5.10. The maximum absolute atomic E-state index is 10.9. The molecule has 88 valence electrons. The number of hydrogen-bond acceptors (Lipinski definition) is 4. The van der Waals surface area contributed by atoms with Crippen molar-refractivity contribution in [1.29, 1.82) is 0 Å². The van der Waals surface area contributed by atoms with Gasteiger partial charge in [-0.2, -0.15) is 0 Å². The maximum atomic E-state index is 10.9. The Balaban J connectivity index is 2.68. The van der Waals surface area contributed by atoms with Crippen LogP contribution >= 0.6 is 0 Å². The predicted molar refractivity (Wildman–Crippen MR) is 61.4 cm³/mol. The smallest absolute Gasteiger partial charge is 0.310 e. The van der Waals surface area contributed by atoms with E-state index in [1.54, 1.807) is 20.0 Å². The van der Waals surface area contributed by atoms with Crippen LogP contribution in [-0.4, -0.2) is 27.6 Å². The van der Waals surface area contributed by atoms with Crippen LogP contribution in [0.3, 0.4) is 0 Å². The number of aromatic nitrogens is 2. The van der Waals surface area contributed by atoms with Gasteiger partial charge in [0, 0.05) is 6.54 Å². The normalized spacial score (nSPS) is 11.2. The third-order valence-corrected chi connectivity index (χ3v) is 2.48.